The first-order chi connectivity index (χ1) is 10.4. The summed E-state index contributed by atoms with van der Waals surface area (Å²) in [6.45, 7) is 1.26. The number of ketones is 1. The number of halogens is 1. The molecule has 2 aromatic rings. The van der Waals surface area contributed by atoms with Crippen molar-refractivity contribution in [1.82, 2.24) is 0 Å². The molecule has 0 radical (unpaired) electrons. The van der Waals surface area contributed by atoms with Crippen LogP contribution in [0, 0.1) is 13.7 Å². The quantitative estimate of drug-likeness (QED) is 0.400. The largest absolute Gasteiger partial charge is 0.321 e. The Hall–Kier alpha value is -2.29. The maximum absolute atomic E-state index is 12.5. The standard InChI is InChI=1S/C15H9IN2O4/c1-7(19)17-13-5-12-10(6-14(13)18(21)22)9-3-2-8(16)4-11(9)15(12)20/h2-6H,1H3,(H,17,19). The van der Waals surface area contributed by atoms with Gasteiger partial charge in [0.15, 0.2) is 5.78 Å². The fourth-order valence-corrected chi connectivity index (χ4v) is 3.02. The lowest BCUT2D eigenvalue weighted by Crippen LogP contribution is -2.09. The molecule has 0 heterocycles. The summed E-state index contributed by atoms with van der Waals surface area (Å²) in [5.74, 6) is -0.620. The Morgan fingerprint density at radius 2 is 1.82 bits per heavy atom. The highest BCUT2D eigenvalue weighted by Crippen LogP contribution is 2.42. The van der Waals surface area contributed by atoms with E-state index in [1.54, 1.807) is 12.1 Å². The maximum Gasteiger partial charge on any atom is 0.293 e. The van der Waals surface area contributed by atoms with E-state index in [1.807, 2.05) is 6.07 Å². The minimum atomic E-state index is -0.569. The number of amides is 1. The number of hydrogen-bond acceptors (Lipinski definition) is 4. The summed E-state index contributed by atoms with van der Waals surface area (Å²) in [5, 5.41) is 13.6. The molecule has 1 N–H and O–H groups in total. The van der Waals surface area contributed by atoms with Crippen LogP contribution in [0.1, 0.15) is 22.8 Å². The van der Waals surface area contributed by atoms with Crippen LogP contribution in [-0.4, -0.2) is 16.6 Å². The molecule has 22 heavy (non-hydrogen) atoms. The second-order valence-corrected chi connectivity index (χ2v) is 6.12. The number of benzene rings is 2. The van der Waals surface area contributed by atoms with Gasteiger partial charge in [-0.3, -0.25) is 19.7 Å². The number of fused-ring (bicyclic) bond motifs is 3. The molecule has 1 aliphatic carbocycles. The third-order valence-electron chi connectivity index (χ3n) is 3.40. The van der Waals surface area contributed by atoms with Crippen LogP contribution in [0.25, 0.3) is 11.1 Å². The fraction of sp³-hybridized carbons (Fsp3) is 0.0667. The van der Waals surface area contributed by atoms with Crippen LogP contribution < -0.4 is 5.32 Å². The molecule has 1 amide bonds. The minimum absolute atomic E-state index is 0.0344. The van der Waals surface area contributed by atoms with E-state index < -0.39 is 10.8 Å². The molecular formula is C15H9IN2O4. The Morgan fingerprint density at radius 1 is 1.14 bits per heavy atom. The molecule has 2 aromatic carbocycles. The van der Waals surface area contributed by atoms with E-state index in [-0.39, 0.29) is 17.2 Å². The Balaban J connectivity index is 2.26. The lowest BCUT2D eigenvalue weighted by atomic mass is 10.0. The molecular weight excluding hydrogens is 399 g/mol. The molecule has 0 aromatic heterocycles. The van der Waals surface area contributed by atoms with Gasteiger partial charge >= 0.3 is 0 Å². The van der Waals surface area contributed by atoms with Crippen LogP contribution in [0.3, 0.4) is 0 Å². The third-order valence-corrected chi connectivity index (χ3v) is 4.08. The average Bonchev–Trinajstić information content (AvgIpc) is 2.70. The van der Waals surface area contributed by atoms with E-state index in [4.69, 9.17) is 0 Å². The van der Waals surface area contributed by atoms with Crippen LogP contribution in [0.15, 0.2) is 30.3 Å². The number of nitro groups is 1. The fourth-order valence-electron chi connectivity index (χ4n) is 2.52. The van der Waals surface area contributed by atoms with Crippen molar-refractivity contribution in [2.75, 3.05) is 5.32 Å². The highest BCUT2D eigenvalue weighted by atomic mass is 127. The van der Waals surface area contributed by atoms with Crippen molar-refractivity contribution in [3.63, 3.8) is 0 Å². The van der Waals surface area contributed by atoms with Crippen LogP contribution in [0.4, 0.5) is 11.4 Å². The number of nitrogens with one attached hydrogen (secondary N) is 1. The Bertz CT molecular complexity index is 861. The molecule has 0 saturated heterocycles. The molecule has 3 rings (SSSR count). The van der Waals surface area contributed by atoms with Gasteiger partial charge in [-0.2, -0.15) is 0 Å². The number of hydrogen-bond donors (Lipinski definition) is 1. The minimum Gasteiger partial charge on any atom is -0.321 e. The molecule has 0 unspecified atom stereocenters. The Kier molecular flexibility index (Phi) is 3.44. The molecule has 7 heteroatoms. The number of anilines is 1. The summed E-state index contributed by atoms with van der Waals surface area (Å²) in [4.78, 5) is 34.3. The van der Waals surface area contributed by atoms with E-state index in [9.17, 15) is 19.7 Å². The van der Waals surface area contributed by atoms with Crippen molar-refractivity contribution in [3.05, 3.63) is 55.1 Å². The molecule has 1 aliphatic rings. The first-order valence-corrected chi connectivity index (χ1v) is 7.41. The summed E-state index contributed by atoms with van der Waals surface area (Å²) < 4.78 is 0.911. The summed E-state index contributed by atoms with van der Waals surface area (Å²) in [6.07, 6.45) is 0. The number of carbonyl (C=O) groups excluding carboxylic acids is 2. The SMILES string of the molecule is CC(=O)Nc1cc2c(cc1[N+](=O)[O-])-c1ccc(I)cc1C2=O. The van der Waals surface area contributed by atoms with E-state index in [0.717, 1.165) is 3.57 Å². The normalized spacial score (nSPS) is 11.8. The van der Waals surface area contributed by atoms with Gasteiger partial charge < -0.3 is 5.32 Å². The molecule has 0 spiro atoms. The van der Waals surface area contributed by atoms with Crippen LogP contribution in [-0.2, 0) is 4.79 Å². The Labute approximate surface area is 138 Å². The second-order valence-electron chi connectivity index (χ2n) is 4.87. The first kappa shape index (κ1) is 14.6. The van der Waals surface area contributed by atoms with Gasteiger partial charge in [0.25, 0.3) is 5.69 Å². The zero-order valence-corrected chi connectivity index (χ0v) is 13.5. The predicted molar refractivity (Wildman–Crippen MR) is 89.0 cm³/mol. The highest BCUT2D eigenvalue weighted by molar-refractivity contribution is 14.1. The van der Waals surface area contributed by atoms with E-state index in [2.05, 4.69) is 27.9 Å². The zero-order chi connectivity index (χ0) is 16.0. The first-order valence-electron chi connectivity index (χ1n) is 6.33. The lowest BCUT2D eigenvalue weighted by molar-refractivity contribution is -0.383. The van der Waals surface area contributed by atoms with E-state index in [1.165, 1.54) is 19.1 Å². The molecule has 0 fully saturated rings. The topological polar surface area (TPSA) is 89.3 Å². The second kappa shape index (κ2) is 5.16. The molecule has 110 valence electrons. The van der Waals surface area contributed by atoms with Gasteiger partial charge in [0.2, 0.25) is 5.91 Å². The van der Waals surface area contributed by atoms with Crippen molar-refractivity contribution < 1.29 is 14.5 Å². The third kappa shape index (κ3) is 2.27. The summed E-state index contributed by atoms with van der Waals surface area (Å²) in [6, 6.07) is 8.10. The number of nitrogens with zero attached hydrogens (tertiary/aromatic N) is 1. The molecule has 0 aliphatic heterocycles. The van der Waals surface area contributed by atoms with Crippen molar-refractivity contribution in [2.45, 2.75) is 6.92 Å². The van der Waals surface area contributed by atoms with Gasteiger partial charge in [0.1, 0.15) is 5.69 Å². The van der Waals surface area contributed by atoms with Crippen LogP contribution in [0.5, 0.6) is 0 Å². The summed E-state index contributed by atoms with van der Waals surface area (Å²) in [7, 11) is 0. The lowest BCUT2D eigenvalue weighted by Gasteiger charge is -2.06. The van der Waals surface area contributed by atoms with Gasteiger partial charge in [0.05, 0.1) is 4.92 Å². The summed E-state index contributed by atoms with van der Waals surface area (Å²) in [5.41, 5.74) is 1.90. The van der Waals surface area contributed by atoms with Gasteiger partial charge in [-0.15, -0.1) is 0 Å². The van der Waals surface area contributed by atoms with Gasteiger partial charge in [-0.1, -0.05) is 6.07 Å². The van der Waals surface area contributed by atoms with E-state index in [0.29, 0.717) is 22.3 Å². The predicted octanol–water partition coefficient (Wildman–Crippen LogP) is 3.37. The molecule has 0 atom stereocenters. The number of rotatable bonds is 2. The molecule has 0 saturated carbocycles. The number of carbonyl (C=O) groups is 2. The Morgan fingerprint density at radius 3 is 2.45 bits per heavy atom. The monoisotopic (exact) mass is 408 g/mol. The summed E-state index contributed by atoms with van der Waals surface area (Å²) >= 11 is 2.11. The van der Waals surface area contributed by atoms with Crippen molar-refractivity contribution in [2.24, 2.45) is 0 Å². The molecule has 6 nitrogen and oxygen atoms in total. The van der Waals surface area contributed by atoms with Gasteiger partial charge in [0, 0.05) is 33.3 Å². The maximum atomic E-state index is 12.5. The number of nitro benzene ring substituents is 1. The average molecular weight is 408 g/mol. The smallest absolute Gasteiger partial charge is 0.293 e. The van der Waals surface area contributed by atoms with E-state index >= 15 is 0 Å². The van der Waals surface area contributed by atoms with Gasteiger partial charge in [-0.05, 0) is 46.4 Å². The van der Waals surface area contributed by atoms with Crippen LogP contribution in [0.2, 0.25) is 0 Å². The van der Waals surface area contributed by atoms with Crippen LogP contribution >= 0.6 is 22.6 Å². The van der Waals surface area contributed by atoms with Crippen molar-refractivity contribution in [3.8, 4) is 11.1 Å². The zero-order valence-electron chi connectivity index (χ0n) is 11.3. The van der Waals surface area contributed by atoms with Gasteiger partial charge in [-0.25, -0.2) is 0 Å². The van der Waals surface area contributed by atoms with Crippen molar-refractivity contribution in [1.29, 1.82) is 0 Å². The molecule has 0 bridgehead atoms. The van der Waals surface area contributed by atoms with Crippen molar-refractivity contribution >= 4 is 45.7 Å². The highest BCUT2D eigenvalue weighted by Gasteiger charge is 2.31.